The lowest BCUT2D eigenvalue weighted by Crippen LogP contribution is -1.99. The molecule has 3 heterocycles. The molecule has 0 fully saturated rings. The fraction of sp³-hybridized carbons (Fsp3) is 0.0476. The molecule has 0 amide bonds. The first-order valence-corrected chi connectivity index (χ1v) is 10.6. The summed E-state index contributed by atoms with van der Waals surface area (Å²) in [5, 5.41) is 10.8. The summed E-state index contributed by atoms with van der Waals surface area (Å²) in [7, 11) is 0. The number of pyridine rings is 1. The van der Waals surface area contributed by atoms with Crippen LogP contribution in [0.2, 0.25) is 0 Å². The monoisotopic (exact) mass is 401 g/mol. The largest absolute Gasteiger partial charge is 0.270 e. The Hall–Kier alpha value is -3.03. The van der Waals surface area contributed by atoms with E-state index in [1.165, 1.54) is 4.70 Å². The molecule has 5 rings (SSSR count). The Bertz CT molecular complexity index is 1180. The van der Waals surface area contributed by atoms with E-state index in [4.69, 9.17) is 4.98 Å². The van der Waals surface area contributed by atoms with E-state index >= 15 is 0 Å². The summed E-state index contributed by atoms with van der Waals surface area (Å²) in [6, 6.07) is 22.3. The Kier molecular flexibility index (Phi) is 4.60. The Morgan fingerprint density at radius 2 is 1.75 bits per heavy atom. The van der Waals surface area contributed by atoms with Gasteiger partial charge in [0, 0.05) is 23.6 Å². The van der Waals surface area contributed by atoms with Gasteiger partial charge in [0.15, 0.2) is 11.0 Å². The second-order valence-corrected chi connectivity index (χ2v) is 8.14. The molecule has 0 saturated carbocycles. The van der Waals surface area contributed by atoms with Gasteiger partial charge in [-0.1, -0.05) is 42.1 Å². The number of para-hydroxylation sites is 2. The molecule has 0 N–H and O–H groups in total. The number of hydrogen-bond acceptors (Lipinski definition) is 6. The first-order chi connectivity index (χ1) is 13.9. The summed E-state index contributed by atoms with van der Waals surface area (Å²) in [5.41, 5.74) is 3.01. The quantitative estimate of drug-likeness (QED) is 0.377. The maximum atomic E-state index is 4.73. The lowest BCUT2D eigenvalue weighted by Gasteiger charge is -2.09. The maximum Gasteiger partial charge on any atom is 0.196 e. The maximum absolute atomic E-state index is 4.73. The van der Waals surface area contributed by atoms with E-state index in [2.05, 4.69) is 37.9 Å². The Balaban J connectivity index is 1.51. The van der Waals surface area contributed by atoms with Crippen LogP contribution in [0.1, 0.15) is 5.01 Å². The van der Waals surface area contributed by atoms with Crippen LogP contribution in [0.15, 0.2) is 84.3 Å². The van der Waals surface area contributed by atoms with Crippen molar-refractivity contribution in [3.8, 4) is 17.1 Å². The summed E-state index contributed by atoms with van der Waals surface area (Å²) in [5.74, 6) is 1.53. The molecule has 5 nitrogen and oxygen atoms in total. The number of benzene rings is 2. The zero-order valence-electron chi connectivity index (χ0n) is 14.8. The highest BCUT2D eigenvalue weighted by molar-refractivity contribution is 7.98. The zero-order valence-corrected chi connectivity index (χ0v) is 16.4. The van der Waals surface area contributed by atoms with Crippen LogP contribution in [0.4, 0.5) is 0 Å². The number of thioether (sulfide) groups is 1. The van der Waals surface area contributed by atoms with Gasteiger partial charge < -0.3 is 0 Å². The predicted molar refractivity (Wildman–Crippen MR) is 114 cm³/mol. The van der Waals surface area contributed by atoms with E-state index in [1.807, 2.05) is 54.7 Å². The first kappa shape index (κ1) is 17.1. The van der Waals surface area contributed by atoms with Gasteiger partial charge in [-0.3, -0.25) is 9.55 Å². The van der Waals surface area contributed by atoms with Crippen molar-refractivity contribution < 1.29 is 0 Å². The fourth-order valence-corrected chi connectivity index (χ4v) is 4.88. The minimum atomic E-state index is 0.747. The summed E-state index contributed by atoms with van der Waals surface area (Å²) in [4.78, 5) is 8.95. The second-order valence-electron chi connectivity index (χ2n) is 6.08. The highest BCUT2D eigenvalue weighted by Crippen LogP contribution is 2.31. The molecular weight excluding hydrogens is 386 g/mol. The van der Waals surface area contributed by atoms with Crippen LogP contribution < -0.4 is 0 Å². The number of fused-ring (bicyclic) bond motifs is 1. The van der Waals surface area contributed by atoms with Crippen molar-refractivity contribution in [2.75, 3.05) is 0 Å². The smallest absolute Gasteiger partial charge is 0.196 e. The highest BCUT2D eigenvalue weighted by Gasteiger charge is 2.17. The molecule has 7 heteroatoms. The SMILES string of the molecule is c1ccc(-n2c(SCc3nc4ccccc4s3)nnc2-c2cccnc2)cc1. The third-order valence-electron chi connectivity index (χ3n) is 4.23. The van der Waals surface area contributed by atoms with Crippen molar-refractivity contribution in [3.63, 3.8) is 0 Å². The minimum Gasteiger partial charge on any atom is -0.270 e. The number of rotatable bonds is 5. The first-order valence-electron chi connectivity index (χ1n) is 8.77. The van der Waals surface area contributed by atoms with Crippen LogP contribution in [-0.4, -0.2) is 24.7 Å². The van der Waals surface area contributed by atoms with Crippen LogP contribution in [-0.2, 0) is 5.75 Å². The van der Waals surface area contributed by atoms with E-state index in [-0.39, 0.29) is 0 Å². The van der Waals surface area contributed by atoms with E-state index in [1.54, 1.807) is 29.3 Å². The van der Waals surface area contributed by atoms with Crippen LogP contribution in [0.25, 0.3) is 27.3 Å². The van der Waals surface area contributed by atoms with Gasteiger partial charge in [0.1, 0.15) is 5.01 Å². The fourth-order valence-electron chi connectivity index (χ4n) is 2.96. The Labute approximate surface area is 170 Å². The molecule has 0 radical (unpaired) electrons. The highest BCUT2D eigenvalue weighted by atomic mass is 32.2. The van der Waals surface area contributed by atoms with Crippen molar-refractivity contribution in [1.82, 2.24) is 24.7 Å². The van der Waals surface area contributed by atoms with Gasteiger partial charge in [-0.05, 0) is 36.4 Å². The summed E-state index contributed by atoms with van der Waals surface area (Å²) in [6.45, 7) is 0. The van der Waals surface area contributed by atoms with Crippen LogP contribution in [0, 0.1) is 0 Å². The Morgan fingerprint density at radius 1 is 0.893 bits per heavy atom. The third-order valence-corrected chi connectivity index (χ3v) is 6.39. The summed E-state index contributed by atoms with van der Waals surface area (Å²) >= 11 is 3.36. The van der Waals surface area contributed by atoms with Crippen molar-refractivity contribution in [1.29, 1.82) is 0 Å². The lowest BCUT2D eigenvalue weighted by atomic mass is 10.2. The van der Waals surface area contributed by atoms with Crippen molar-refractivity contribution in [3.05, 3.63) is 84.1 Å². The van der Waals surface area contributed by atoms with E-state index in [0.717, 1.165) is 38.5 Å². The standard InChI is InChI=1S/C21H15N5S2/c1-2-8-16(9-3-1)26-20(15-7-6-12-22-13-15)24-25-21(26)27-14-19-23-17-10-4-5-11-18(17)28-19/h1-13H,14H2. The molecule has 0 aliphatic rings. The molecule has 3 aromatic heterocycles. The molecular formula is C21H15N5S2. The molecule has 0 saturated heterocycles. The van der Waals surface area contributed by atoms with Crippen LogP contribution in [0.3, 0.4) is 0 Å². The molecule has 0 aliphatic carbocycles. The van der Waals surface area contributed by atoms with Gasteiger partial charge in [-0.15, -0.1) is 21.5 Å². The average Bonchev–Trinajstić information content (AvgIpc) is 3.37. The van der Waals surface area contributed by atoms with Gasteiger partial charge in [-0.2, -0.15) is 0 Å². The number of aromatic nitrogens is 5. The molecule has 28 heavy (non-hydrogen) atoms. The average molecular weight is 402 g/mol. The zero-order chi connectivity index (χ0) is 18.8. The molecule has 0 atom stereocenters. The molecule has 2 aromatic carbocycles. The molecule has 0 bridgehead atoms. The van der Waals surface area contributed by atoms with Gasteiger partial charge in [-0.25, -0.2) is 4.98 Å². The molecule has 0 aliphatic heterocycles. The van der Waals surface area contributed by atoms with Crippen molar-refractivity contribution >= 4 is 33.3 Å². The molecule has 5 aromatic rings. The van der Waals surface area contributed by atoms with Crippen molar-refractivity contribution in [2.24, 2.45) is 0 Å². The number of nitrogens with zero attached hydrogens (tertiary/aromatic N) is 5. The van der Waals surface area contributed by atoms with E-state index in [0.29, 0.717) is 0 Å². The van der Waals surface area contributed by atoms with E-state index < -0.39 is 0 Å². The topological polar surface area (TPSA) is 56.5 Å². The summed E-state index contributed by atoms with van der Waals surface area (Å²) in [6.07, 6.45) is 3.57. The van der Waals surface area contributed by atoms with Gasteiger partial charge in [0.25, 0.3) is 0 Å². The summed E-state index contributed by atoms with van der Waals surface area (Å²) < 4.78 is 3.29. The van der Waals surface area contributed by atoms with E-state index in [9.17, 15) is 0 Å². The number of hydrogen-bond donors (Lipinski definition) is 0. The van der Waals surface area contributed by atoms with Gasteiger partial charge >= 0.3 is 0 Å². The van der Waals surface area contributed by atoms with Crippen LogP contribution >= 0.6 is 23.1 Å². The normalized spacial score (nSPS) is 11.1. The minimum absolute atomic E-state index is 0.747. The number of thiazole rings is 1. The molecule has 0 unspecified atom stereocenters. The van der Waals surface area contributed by atoms with Crippen molar-refractivity contribution in [2.45, 2.75) is 10.9 Å². The lowest BCUT2D eigenvalue weighted by molar-refractivity contribution is 0.885. The van der Waals surface area contributed by atoms with Gasteiger partial charge in [0.2, 0.25) is 0 Å². The molecule has 136 valence electrons. The second kappa shape index (κ2) is 7.53. The predicted octanol–water partition coefficient (Wildman–Crippen LogP) is 5.23. The molecule has 0 spiro atoms. The Morgan fingerprint density at radius 3 is 2.57 bits per heavy atom. The van der Waals surface area contributed by atoms with Gasteiger partial charge in [0.05, 0.1) is 16.0 Å². The van der Waals surface area contributed by atoms with Crippen LogP contribution in [0.5, 0.6) is 0 Å². The third kappa shape index (κ3) is 3.30.